The number of nitrogens with zero attached hydrogens (tertiary/aromatic N) is 2. The molecule has 0 radical (unpaired) electrons. The quantitative estimate of drug-likeness (QED) is 0.235. The lowest BCUT2D eigenvalue weighted by Gasteiger charge is -2.36. The molecule has 1 saturated heterocycles. The van der Waals surface area contributed by atoms with Crippen molar-refractivity contribution in [2.45, 2.75) is 135 Å². The Morgan fingerprint density at radius 2 is 1.75 bits per heavy atom. The van der Waals surface area contributed by atoms with Crippen molar-refractivity contribution in [2.75, 3.05) is 20.8 Å². The monoisotopic (exact) mass is 743 g/mol. The lowest BCUT2D eigenvalue weighted by Crippen LogP contribution is -2.59. The number of ether oxygens (including phenoxy) is 2. The maximum atomic E-state index is 14.7. The summed E-state index contributed by atoms with van der Waals surface area (Å²) in [6, 6.07) is 0.321. The molecule has 4 atom stereocenters. The highest BCUT2D eigenvalue weighted by molar-refractivity contribution is 6.38. The first-order chi connectivity index (χ1) is 24.7. The highest BCUT2D eigenvalue weighted by atomic mass is 35.5. The topological polar surface area (TPSA) is 165 Å². The van der Waals surface area contributed by atoms with Crippen LogP contribution in [-0.2, 0) is 28.8 Å². The zero-order chi connectivity index (χ0) is 37.8. The van der Waals surface area contributed by atoms with Crippen molar-refractivity contribution in [3.05, 3.63) is 22.7 Å². The Labute approximate surface area is 311 Å². The molecule has 3 N–H and O–H groups in total. The number of benzene rings is 1. The Balaban J connectivity index is 1.41. The number of halogens is 1. The van der Waals surface area contributed by atoms with Gasteiger partial charge in [-0.3, -0.25) is 24.0 Å². The Bertz CT molecular complexity index is 1570. The second-order valence-electron chi connectivity index (χ2n) is 15.9. The van der Waals surface area contributed by atoms with Gasteiger partial charge in [0.1, 0.15) is 12.1 Å². The Kier molecular flexibility index (Phi) is 12.4. The fourth-order valence-corrected chi connectivity index (χ4v) is 7.81. The molecule has 1 aromatic carbocycles. The minimum absolute atomic E-state index is 0.00241. The van der Waals surface area contributed by atoms with Gasteiger partial charge in [0.2, 0.25) is 23.5 Å². The van der Waals surface area contributed by atoms with E-state index in [1.54, 1.807) is 12.1 Å². The fraction of sp³-hybridized carbons (Fsp3) is 0.684. The average molecular weight is 744 g/mol. The molecule has 1 aromatic rings. The van der Waals surface area contributed by atoms with Crippen LogP contribution in [0, 0.1) is 11.3 Å². The standard InChI is InChI=1S/C38H54ClN5O8/c1-7-11-26(31(46)35(48)40-24-14-15-24)41-34(47)28-20-38(19-27(43-52-38)23-17-25(39)32(51-6)29(18-23)50-5)21-44(28)36(49)33(37(2,3)4)42-30(45)16-22-12-9-8-10-13-22/h17-18,22,24,26,28,33H,7-16,19-21H2,1-6H3,(H,40,48)(H,41,47)(H,42,45)/t26-,28-,33+,38+/m0/s1. The SMILES string of the molecule is CCC[C@H](NC(=O)[C@@H]1C[C@]2(CC(c3cc(Cl)c(OC)c(OC)c3)=NO2)CN1C(=O)[C@@H](NC(=O)CC1CCCCC1)C(C)(C)C)C(=O)C(=O)NC1CC1. The number of amides is 4. The van der Waals surface area contributed by atoms with Crippen molar-refractivity contribution < 1.29 is 38.3 Å². The van der Waals surface area contributed by atoms with Gasteiger partial charge >= 0.3 is 0 Å². The second-order valence-corrected chi connectivity index (χ2v) is 16.3. The lowest BCUT2D eigenvalue weighted by molar-refractivity contribution is -0.145. The van der Waals surface area contributed by atoms with E-state index >= 15 is 0 Å². The normalized spacial score (nSPS) is 22.9. The first-order valence-corrected chi connectivity index (χ1v) is 19.0. The van der Waals surface area contributed by atoms with Gasteiger partial charge in [-0.2, -0.15) is 0 Å². The van der Waals surface area contributed by atoms with E-state index in [9.17, 15) is 24.0 Å². The van der Waals surface area contributed by atoms with Crippen LogP contribution in [0.2, 0.25) is 5.02 Å². The number of carbonyl (C=O) groups excluding carboxylic acids is 5. The first kappa shape index (κ1) is 39.3. The van der Waals surface area contributed by atoms with Crippen LogP contribution in [0.5, 0.6) is 11.5 Å². The van der Waals surface area contributed by atoms with E-state index in [1.165, 1.54) is 25.5 Å². The third-order valence-electron chi connectivity index (χ3n) is 10.6. The molecule has 5 rings (SSSR count). The zero-order valence-electron chi connectivity index (χ0n) is 31.3. The molecule has 1 spiro atoms. The molecule has 2 heterocycles. The van der Waals surface area contributed by atoms with Crippen molar-refractivity contribution in [2.24, 2.45) is 16.5 Å². The average Bonchev–Trinajstić information content (AvgIpc) is 3.70. The minimum atomic E-state index is -1.09. The van der Waals surface area contributed by atoms with Crippen LogP contribution >= 0.6 is 11.6 Å². The maximum absolute atomic E-state index is 14.7. The van der Waals surface area contributed by atoms with Gasteiger partial charge in [0.15, 0.2) is 17.1 Å². The number of hydrogen-bond donors (Lipinski definition) is 3. The molecule has 0 unspecified atom stereocenters. The molecule has 14 heteroatoms. The Morgan fingerprint density at radius 3 is 2.37 bits per heavy atom. The highest BCUT2D eigenvalue weighted by Gasteiger charge is 2.56. The second kappa shape index (κ2) is 16.4. The number of rotatable bonds is 14. The summed E-state index contributed by atoms with van der Waals surface area (Å²) >= 11 is 6.51. The van der Waals surface area contributed by atoms with Gasteiger partial charge in [0.25, 0.3) is 5.91 Å². The van der Waals surface area contributed by atoms with Crippen LogP contribution in [-0.4, -0.2) is 90.6 Å². The summed E-state index contributed by atoms with van der Waals surface area (Å²) in [6.07, 6.45) is 8.39. The van der Waals surface area contributed by atoms with E-state index in [0.717, 1.165) is 38.5 Å². The number of oxime groups is 1. The molecule has 4 amide bonds. The molecular weight excluding hydrogens is 690 g/mol. The number of nitrogens with one attached hydrogen (secondary N) is 3. The number of hydrogen-bond acceptors (Lipinski definition) is 9. The van der Waals surface area contributed by atoms with E-state index in [4.69, 9.17) is 25.9 Å². The summed E-state index contributed by atoms with van der Waals surface area (Å²) in [4.78, 5) is 75.8. The van der Waals surface area contributed by atoms with Gasteiger partial charge in [-0.05, 0) is 55.6 Å². The summed E-state index contributed by atoms with van der Waals surface area (Å²) in [6.45, 7) is 7.48. The first-order valence-electron chi connectivity index (χ1n) is 18.6. The third-order valence-corrected chi connectivity index (χ3v) is 10.8. The largest absolute Gasteiger partial charge is 0.493 e. The number of carbonyl (C=O) groups is 5. The predicted octanol–water partition coefficient (Wildman–Crippen LogP) is 4.46. The van der Waals surface area contributed by atoms with Crippen LogP contribution in [0.4, 0.5) is 0 Å². The van der Waals surface area contributed by atoms with E-state index in [-0.39, 0.29) is 43.7 Å². The number of ketones is 1. The van der Waals surface area contributed by atoms with Crippen molar-refractivity contribution in [1.82, 2.24) is 20.9 Å². The van der Waals surface area contributed by atoms with Gasteiger partial charge in [-0.1, -0.05) is 70.1 Å². The molecule has 52 heavy (non-hydrogen) atoms. The smallest absolute Gasteiger partial charge is 0.289 e. The van der Waals surface area contributed by atoms with E-state index in [1.807, 2.05) is 27.7 Å². The van der Waals surface area contributed by atoms with Crippen LogP contribution in [0.15, 0.2) is 17.3 Å². The molecule has 286 valence electrons. The molecule has 2 aliphatic heterocycles. The van der Waals surface area contributed by atoms with Gasteiger partial charge in [-0.25, -0.2) is 0 Å². The summed E-state index contributed by atoms with van der Waals surface area (Å²) in [5.41, 5.74) is -0.621. The number of methoxy groups -OCH3 is 2. The Hall–Kier alpha value is -3.87. The molecule has 0 bridgehead atoms. The lowest BCUT2D eigenvalue weighted by atomic mass is 9.84. The van der Waals surface area contributed by atoms with E-state index < -0.39 is 52.6 Å². The summed E-state index contributed by atoms with van der Waals surface area (Å²) in [7, 11) is 2.99. The molecule has 2 aliphatic carbocycles. The summed E-state index contributed by atoms with van der Waals surface area (Å²) in [5.74, 6) is -1.60. The third kappa shape index (κ3) is 9.19. The number of Topliss-reactive ketones (excluding diaryl/α,β-unsaturated/α-hetero) is 1. The summed E-state index contributed by atoms with van der Waals surface area (Å²) < 4.78 is 10.9. The van der Waals surface area contributed by atoms with Gasteiger partial charge in [0.05, 0.1) is 37.5 Å². The van der Waals surface area contributed by atoms with Crippen molar-refractivity contribution in [3.63, 3.8) is 0 Å². The van der Waals surface area contributed by atoms with Crippen molar-refractivity contribution >= 4 is 46.7 Å². The zero-order valence-corrected chi connectivity index (χ0v) is 32.0. The van der Waals surface area contributed by atoms with Crippen molar-refractivity contribution in [1.29, 1.82) is 0 Å². The van der Waals surface area contributed by atoms with Crippen molar-refractivity contribution in [3.8, 4) is 11.5 Å². The van der Waals surface area contributed by atoms with Gasteiger partial charge < -0.3 is 35.2 Å². The fourth-order valence-electron chi connectivity index (χ4n) is 7.52. The van der Waals surface area contributed by atoms with Crippen LogP contribution in [0.3, 0.4) is 0 Å². The Morgan fingerprint density at radius 1 is 1.04 bits per heavy atom. The molecule has 3 fully saturated rings. The van der Waals surface area contributed by atoms with Gasteiger partial charge in [-0.15, -0.1) is 0 Å². The minimum Gasteiger partial charge on any atom is -0.493 e. The molecule has 0 aromatic heterocycles. The van der Waals surface area contributed by atoms with E-state index in [2.05, 4.69) is 21.1 Å². The van der Waals surface area contributed by atoms with Crippen LogP contribution in [0.1, 0.15) is 110 Å². The van der Waals surface area contributed by atoms with Crippen LogP contribution in [0.25, 0.3) is 0 Å². The maximum Gasteiger partial charge on any atom is 0.289 e. The molecule has 2 saturated carbocycles. The predicted molar refractivity (Wildman–Crippen MR) is 195 cm³/mol. The molecule has 4 aliphatic rings. The summed E-state index contributed by atoms with van der Waals surface area (Å²) in [5, 5.41) is 13.3. The van der Waals surface area contributed by atoms with E-state index in [0.29, 0.717) is 40.6 Å². The number of likely N-dealkylation sites (tertiary alicyclic amines) is 1. The molecule has 13 nitrogen and oxygen atoms in total. The molecular formula is C38H54ClN5O8. The van der Waals surface area contributed by atoms with Crippen LogP contribution < -0.4 is 25.4 Å². The van der Waals surface area contributed by atoms with Gasteiger partial charge in [0, 0.05) is 30.9 Å². The highest BCUT2D eigenvalue weighted by Crippen LogP contribution is 2.42.